The van der Waals surface area contributed by atoms with E-state index in [1.54, 1.807) is 49.3 Å². The van der Waals surface area contributed by atoms with Crippen LogP contribution in [0, 0.1) is 10.1 Å². The highest BCUT2D eigenvalue weighted by Crippen LogP contribution is 2.36. The van der Waals surface area contributed by atoms with E-state index in [9.17, 15) is 19.7 Å². The first-order chi connectivity index (χ1) is 22.4. The van der Waals surface area contributed by atoms with E-state index in [1.165, 1.54) is 28.5 Å². The molecule has 0 amide bonds. The molecule has 0 radical (unpaired) electrons. The van der Waals surface area contributed by atoms with Gasteiger partial charge in [0.2, 0.25) is 0 Å². The number of nitro benzene ring substituents is 1. The van der Waals surface area contributed by atoms with Gasteiger partial charge in [-0.3, -0.25) is 19.5 Å². The van der Waals surface area contributed by atoms with Gasteiger partial charge in [-0.15, -0.1) is 11.8 Å². The molecule has 5 aromatic rings. The molecule has 230 valence electrons. The number of nitrogens with zero attached hydrogens (tertiary/aromatic N) is 5. The first-order valence-corrected chi connectivity index (χ1v) is 16.9. The average Bonchev–Trinajstić information content (AvgIpc) is 3.39. The Morgan fingerprint density at radius 3 is 2.48 bits per heavy atom. The minimum Gasteiger partial charge on any atom is -0.463 e. The molecule has 6 rings (SSSR count). The van der Waals surface area contributed by atoms with Crippen LogP contribution in [-0.2, 0) is 9.53 Å². The first kappa shape index (κ1) is 31.1. The van der Waals surface area contributed by atoms with Crippen molar-refractivity contribution in [3.05, 3.63) is 143 Å². The van der Waals surface area contributed by atoms with Gasteiger partial charge in [-0.25, -0.2) is 19.8 Å². The van der Waals surface area contributed by atoms with E-state index < -0.39 is 22.5 Å². The van der Waals surface area contributed by atoms with E-state index in [-0.39, 0.29) is 17.9 Å². The van der Waals surface area contributed by atoms with Crippen molar-refractivity contribution in [1.82, 2.24) is 14.5 Å². The summed E-state index contributed by atoms with van der Waals surface area (Å²) < 4.78 is 7.33. The molecule has 3 aromatic carbocycles. The monoisotopic (exact) mass is 667 g/mol. The molecule has 1 atom stereocenters. The Balaban J connectivity index is 1.61. The molecular weight excluding hydrogens is 643 g/mol. The van der Waals surface area contributed by atoms with Crippen LogP contribution < -0.4 is 14.9 Å². The minimum atomic E-state index is -0.833. The van der Waals surface area contributed by atoms with Gasteiger partial charge in [-0.05, 0) is 66.4 Å². The van der Waals surface area contributed by atoms with Gasteiger partial charge in [0, 0.05) is 39.9 Å². The maximum atomic E-state index is 14.3. The van der Waals surface area contributed by atoms with Crippen LogP contribution in [0.5, 0.6) is 0 Å². The second-order valence-electron chi connectivity index (χ2n) is 9.82. The standard InChI is InChI=1S/C33H25N5O5S3/c1-3-43-31(40)27-28(20-8-5-4-6-9-20)36-33-37(29(27)21-10-13-24(44-2)14-11-21)30(39)26(46-33)19-22-18-23(38(41)42)12-15-25(22)45-32-34-16-7-17-35-32/h4-19,29H,3H2,1-2H3/b26-19+/t29-/m0/s1. The number of rotatable bonds is 9. The molecule has 1 aliphatic heterocycles. The van der Waals surface area contributed by atoms with E-state index >= 15 is 0 Å². The van der Waals surface area contributed by atoms with Crippen molar-refractivity contribution in [1.29, 1.82) is 0 Å². The zero-order valence-corrected chi connectivity index (χ0v) is 27.0. The van der Waals surface area contributed by atoms with Crippen molar-refractivity contribution in [3.63, 3.8) is 0 Å². The number of carbonyl (C=O) groups is 1. The number of thiazole rings is 1. The molecule has 0 unspecified atom stereocenters. The molecular formula is C33H25N5O5S3. The lowest BCUT2D eigenvalue weighted by Gasteiger charge is -2.26. The fourth-order valence-electron chi connectivity index (χ4n) is 4.97. The van der Waals surface area contributed by atoms with E-state index in [0.29, 0.717) is 41.8 Å². The summed E-state index contributed by atoms with van der Waals surface area (Å²) in [5.41, 5.74) is 2.01. The molecule has 10 nitrogen and oxygen atoms in total. The number of hydrogen-bond donors (Lipinski definition) is 0. The summed E-state index contributed by atoms with van der Waals surface area (Å²) in [6.45, 7) is 1.87. The van der Waals surface area contributed by atoms with Crippen molar-refractivity contribution >= 4 is 58.3 Å². The molecule has 0 aliphatic carbocycles. The summed E-state index contributed by atoms with van der Waals surface area (Å²) in [7, 11) is 0. The van der Waals surface area contributed by atoms with Crippen LogP contribution in [0.4, 0.5) is 5.69 Å². The predicted octanol–water partition coefficient (Wildman–Crippen LogP) is 5.51. The van der Waals surface area contributed by atoms with Crippen molar-refractivity contribution < 1.29 is 14.5 Å². The maximum Gasteiger partial charge on any atom is 0.338 e. The number of carbonyl (C=O) groups excluding carboxylic acids is 1. The van der Waals surface area contributed by atoms with E-state index in [0.717, 1.165) is 16.2 Å². The van der Waals surface area contributed by atoms with Crippen molar-refractivity contribution in [2.24, 2.45) is 4.99 Å². The highest BCUT2D eigenvalue weighted by atomic mass is 32.2. The summed E-state index contributed by atoms with van der Waals surface area (Å²) in [5.74, 6) is -0.571. The molecule has 3 heterocycles. The van der Waals surface area contributed by atoms with Gasteiger partial charge in [0.25, 0.3) is 11.2 Å². The molecule has 0 spiro atoms. The number of thioether (sulfide) groups is 1. The molecule has 0 N–H and O–H groups in total. The minimum absolute atomic E-state index is 0.125. The summed E-state index contributed by atoms with van der Waals surface area (Å²) in [4.78, 5) is 54.6. The smallest absolute Gasteiger partial charge is 0.338 e. The Labute approximate surface area is 275 Å². The number of aromatic nitrogens is 3. The second kappa shape index (κ2) is 13.6. The Morgan fingerprint density at radius 1 is 1.07 bits per heavy atom. The van der Waals surface area contributed by atoms with Crippen LogP contribution in [0.25, 0.3) is 11.8 Å². The Hall–Kier alpha value is -4.85. The number of benzene rings is 3. The molecule has 0 fully saturated rings. The third-order valence-electron chi connectivity index (χ3n) is 7.04. The SMILES string of the molecule is CCOC(=O)C1=C(c2ccccc2)N=c2s/c(=C/c3cc([N+](=O)[O-])ccc3Sc3ncccn3)c(=O)n2[C@H]1c1ccc(SC)cc1. The summed E-state index contributed by atoms with van der Waals surface area (Å²) >= 11 is 3.96. The number of esters is 1. The lowest BCUT2D eigenvalue weighted by atomic mass is 9.93. The van der Waals surface area contributed by atoms with Crippen molar-refractivity contribution in [2.45, 2.75) is 27.9 Å². The normalized spacial score (nSPS) is 14.5. The predicted molar refractivity (Wildman–Crippen MR) is 179 cm³/mol. The maximum absolute atomic E-state index is 14.3. The van der Waals surface area contributed by atoms with Crippen LogP contribution >= 0.6 is 34.9 Å². The largest absolute Gasteiger partial charge is 0.463 e. The van der Waals surface area contributed by atoms with Gasteiger partial charge in [0.05, 0.1) is 33.4 Å². The number of nitro groups is 1. The molecule has 0 saturated heterocycles. The third kappa shape index (κ3) is 6.29. The highest BCUT2D eigenvalue weighted by Gasteiger charge is 2.35. The van der Waals surface area contributed by atoms with Crippen molar-refractivity contribution in [2.75, 3.05) is 12.9 Å². The zero-order valence-electron chi connectivity index (χ0n) is 24.5. The Kier molecular flexibility index (Phi) is 9.24. The Bertz CT molecular complexity index is 2150. The quantitative estimate of drug-likeness (QED) is 0.0657. The van der Waals surface area contributed by atoms with Crippen LogP contribution in [-0.4, -0.2) is 38.3 Å². The number of fused-ring (bicyclic) bond motifs is 1. The van der Waals surface area contributed by atoms with E-state index in [4.69, 9.17) is 9.73 Å². The fraction of sp³-hybridized carbons (Fsp3) is 0.121. The van der Waals surface area contributed by atoms with Gasteiger partial charge in [-0.2, -0.15) is 0 Å². The van der Waals surface area contributed by atoms with Crippen LogP contribution in [0.3, 0.4) is 0 Å². The molecule has 2 aromatic heterocycles. The van der Waals surface area contributed by atoms with E-state index in [2.05, 4.69) is 9.97 Å². The van der Waals surface area contributed by atoms with Gasteiger partial charge >= 0.3 is 5.97 Å². The number of hydrogen-bond acceptors (Lipinski definition) is 11. The summed E-state index contributed by atoms with van der Waals surface area (Å²) in [6.07, 6.45) is 6.80. The fourth-order valence-corrected chi connectivity index (χ4v) is 7.17. The summed E-state index contributed by atoms with van der Waals surface area (Å²) in [5, 5.41) is 12.2. The second-order valence-corrected chi connectivity index (χ2v) is 12.7. The number of ether oxygens (including phenoxy) is 1. The highest BCUT2D eigenvalue weighted by molar-refractivity contribution is 7.99. The summed E-state index contributed by atoms with van der Waals surface area (Å²) in [6, 6.07) is 22.3. The van der Waals surface area contributed by atoms with Gasteiger partial charge < -0.3 is 4.74 Å². The van der Waals surface area contributed by atoms with Gasteiger partial charge in [-0.1, -0.05) is 53.8 Å². The third-order valence-corrected chi connectivity index (χ3v) is 9.75. The molecule has 0 saturated carbocycles. The molecule has 46 heavy (non-hydrogen) atoms. The zero-order chi connectivity index (χ0) is 32.2. The molecule has 13 heteroatoms. The van der Waals surface area contributed by atoms with E-state index in [1.807, 2.05) is 60.9 Å². The average molecular weight is 668 g/mol. The Morgan fingerprint density at radius 2 is 1.80 bits per heavy atom. The lowest BCUT2D eigenvalue weighted by molar-refractivity contribution is -0.384. The number of non-ortho nitro benzene ring substituents is 1. The molecule has 1 aliphatic rings. The van der Waals surface area contributed by atoms with Crippen molar-refractivity contribution in [3.8, 4) is 0 Å². The van der Waals surface area contributed by atoms with Crippen LogP contribution in [0.15, 0.2) is 122 Å². The van der Waals surface area contributed by atoms with Gasteiger partial charge in [0.15, 0.2) is 9.96 Å². The molecule has 0 bridgehead atoms. The van der Waals surface area contributed by atoms with Crippen LogP contribution in [0.2, 0.25) is 0 Å². The lowest BCUT2D eigenvalue weighted by Crippen LogP contribution is -2.40. The van der Waals surface area contributed by atoms with Crippen LogP contribution in [0.1, 0.15) is 29.7 Å². The topological polar surface area (TPSA) is 130 Å². The van der Waals surface area contributed by atoms with Gasteiger partial charge in [0.1, 0.15) is 0 Å². The first-order valence-electron chi connectivity index (χ1n) is 14.0.